The third kappa shape index (κ3) is 5.09. The molecule has 0 radical (unpaired) electrons. The number of sulfonamides is 1. The fraction of sp³-hybridized carbons (Fsp3) is 0.421. The second-order valence-corrected chi connectivity index (χ2v) is 10.0. The number of aryl methyl sites for hydroxylation is 1. The quantitative estimate of drug-likeness (QED) is 0.570. The summed E-state index contributed by atoms with van der Waals surface area (Å²) < 4.78 is 26.9. The predicted octanol–water partition coefficient (Wildman–Crippen LogP) is 3.08. The van der Waals surface area contributed by atoms with Crippen LogP contribution in [0.25, 0.3) is 0 Å². The number of hydrogen-bond acceptors (Lipinski definition) is 6. The second kappa shape index (κ2) is 9.02. The van der Waals surface area contributed by atoms with Gasteiger partial charge in [0.1, 0.15) is 11.4 Å². The highest BCUT2D eigenvalue weighted by atomic mass is 32.2. The standard InChI is InChI=1S/C19H24N4O3S2/c1-14-12-18(21-13-20-14)27-15(2)19(24)22-16-6-8-17(9-7-16)28(25,26)23-10-4-3-5-11-23/h6-9,12-13,15H,3-5,10-11H2,1-2H3,(H,22,24). The van der Waals surface area contributed by atoms with E-state index in [0.29, 0.717) is 18.8 Å². The Bertz CT molecular complexity index is 926. The molecule has 0 saturated carbocycles. The summed E-state index contributed by atoms with van der Waals surface area (Å²) in [6.07, 6.45) is 4.34. The van der Waals surface area contributed by atoms with Gasteiger partial charge in [-0.1, -0.05) is 18.2 Å². The maximum atomic E-state index is 12.7. The highest BCUT2D eigenvalue weighted by Crippen LogP contribution is 2.24. The average Bonchev–Trinajstić information content (AvgIpc) is 2.69. The number of hydrogen-bond donors (Lipinski definition) is 1. The number of thioether (sulfide) groups is 1. The van der Waals surface area contributed by atoms with Crippen LogP contribution in [0.2, 0.25) is 0 Å². The lowest BCUT2D eigenvalue weighted by Gasteiger charge is -2.25. The first-order valence-corrected chi connectivity index (χ1v) is 11.5. The van der Waals surface area contributed by atoms with Gasteiger partial charge in [-0.3, -0.25) is 4.79 Å². The molecule has 0 spiro atoms. The zero-order chi connectivity index (χ0) is 20.1. The van der Waals surface area contributed by atoms with Gasteiger partial charge < -0.3 is 5.32 Å². The van der Waals surface area contributed by atoms with Crippen LogP contribution in [0.15, 0.2) is 46.6 Å². The predicted molar refractivity (Wildman–Crippen MR) is 110 cm³/mol. The Balaban J connectivity index is 1.62. The Kier molecular flexibility index (Phi) is 6.69. The molecule has 1 aliphatic rings. The summed E-state index contributed by atoms with van der Waals surface area (Å²) in [6.45, 7) is 4.80. The topological polar surface area (TPSA) is 92.3 Å². The number of anilines is 1. The van der Waals surface area contributed by atoms with Crippen molar-refractivity contribution in [1.29, 1.82) is 0 Å². The van der Waals surface area contributed by atoms with Crippen LogP contribution in [-0.4, -0.2) is 46.9 Å². The van der Waals surface area contributed by atoms with E-state index in [1.54, 1.807) is 31.2 Å². The zero-order valence-electron chi connectivity index (χ0n) is 16.0. The number of amides is 1. The zero-order valence-corrected chi connectivity index (χ0v) is 17.6. The minimum absolute atomic E-state index is 0.173. The van der Waals surface area contributed by atoms with E-state index in [-0.39, 0.29) is 16.1 Å². The van der Waals surface area contributed by atoms with Crippen LogP contribution in [0, 0.1) is 6.92 Å². The van der Waals surface area contributed by atoms with Gasteiger partial charge in [-0.05, 0) is 57.0 Å². The lowest BCUT2D eigenvalue weighted by atomic mass is 10.2. The molecule has 1 aromatic heterocycles. The van der Waals surface area contributed by atoms with Crippen molar-refractivity contribution in [3.05, 3.63) is 42.4 Å². The van der Waals surface area contributed by atoms with E-state index >= 15 is 0 Å². The van der Waals surface area contributed by atoms with E-state index in [9.17, 15) is 13.2 Å². The fourth-order valence-corrected chi connectivity index (χ4v) is 5.33. The van der Waals surface area contributed by atoms with Crippen molar-refractivity contribution in [2.24, 2.45) is 0 Å². The molecule has 0 bridgehead atoms. The molecule has 7 nitrogen and oxygen atoms in total. The highest BCUT2D eigenvalue weighted by molar-refractivity contribution is 8.00. The lowest BCUT2D eigenvalue weighted by molar-refractivity contribution is -0.115. The summed E-state index contributed by atoms with van der Waals surface area (Å²) in [5.74, 6) is -0.173. The Morgan fingerprint density at radius 1 is 1.14 bits per heavy atom. The molecule has 0 aliphatic carbocycles. The van der Waals surface area contributed by atoms with Crippen LogP contribution >= 0.6 is 11.8 Å². The van der Waals surface area contributed by atoms with E-state index in [0.717, 1.165) is 30.0 Å². The van der Waals surface area contributed by atoms with Gasteiger partial charge >= 0.3 is 0 Å². The summed E-state index contributed by atoms with van der Waals surface area (Å²) >= 11 is 1.35. The van der Waals surface area contributed by atoms with Crippen LogP contribution in [-0.2, 0) is 14.8 Å². The number of piperidine rings is 1. The third-order valence-corrected chi connectivity index (χ3v) is 7.47. The second-order valence-electron chi connectivity index (χ2n) is 6.74. The number of aromatic nitrogens is 2. The first-order chi connectivity index (χ1) is 13.4. The van der Waals surface area contributed by atoms with Gasteiger partial charge in [0.05, 0.1) is 10.1 Å². The Morgan fingerprint density at radius 2 is 1.82 bits per heavy atom. The molecule has 9 heteroatoms. The van der Waals surface area contributed by atoms with Crippen LogP contribution in [0.1, 0.15) is 31.9 Å². The van der Waals surface area contributed by atoms with Crippen molar-refractivity contribution in [3.8, 4) is 0 Å². The summed E-state index contributed by atoms with van der Waals surface area (Å²) in [7, 11) is -3.47. The number of carbonyl (C=O) groups is 1. The molecular weight excluding hydrogens is 396 g/mol. The van der Waals surface area contributed by atoms with Gasteiger partial charge in [-0.15, -0.1) is 0 Å². The smallest absolute Gasteiger partial charge is 0.243 e. The lowest BCUT2D eigenvalue weighted by Crippen LogP contribution is -2.35. The molecule has 1 amide bonds. The van der Waals surface area contributed by atoms with Crippen molar-refractivity contribution < 1.29 is 13.2 Å². The van der Waals surface area contributed by atoms with Crippen molar-refractivity contribution in [1.82, 2.24) is 14.3 Å². The summed E-state index contributed by atoms with van der Waals surface area (Å²) in [6, 6.07) is 8.17. The third-order valence-electron chi connectivity index (χ3n) is 4.52. The van der Waals surface area contributed by atoms with Crippen LogP contribution < -0.4 is 5.32 Å². The highest BCUT2D eigenvalue weighted by Gasteiger charge is 2.25. The average molecular weight is 421 g/mol. The van der Waals surface area contributed by atoms with Crippen LogP contribution in [0.3, 0.4) is 0 Å². The molecule has 1 saturated heterocycles. The molecule has 1 fully saturated rings. The number of benzene rings is 1. The number of nitrogens with one attached hydrogen (secondary N) is 1. The summed E-state index contributed by atoms with van der Waals surface area (Å²) in [5.41, 5.74) is 1.41. The minimum atomic E-state index is -3.47. The van der Waals surface area contributed by atoms with Gasteiger partial charge in [0.15, 0.2) is 0 Å². The molecule has 3 rings (SSSR count). The normalized spacial score (nSPS) is 16.5. The Morgan fingerprint density at radius 3 is 2.46 bits per heavy atom. The fourth-order valence-electron chi connectivity index (χ4n) is 2.94. The van der Waals surface area contributed by atoms with Crippen LogP contribution in [0.4, 0.5) is 5.69 Å². The molecule has 1 aliphatic heterocycles. The summed E-state index contributed by atoms with van der Waals surface area (Å²) in [5, 5.41) is 3.20. The monoisotopic (exact) mass is 420 g/mol. The largest absolute Gasteiger partial charge is 0.325 e. The van der Waals surface area contributed by atoms with Crippen molar-refractivity contribution >= 4 is 33.4 Å². The van der Waals surface area contributed by atoms with Gasteiger partial charge in [0.2, 0.25) is 15.9 Å². The Hall–Kier alpha value is -1.97. The van der Waals surface area contributed by atoms with Gasteiger partial charge in [-0.25, -0.2) is 18.4 Å². The SMILES string of the molecule is Cc1cc(SC(C)C(=O)Nc2ccc(S(=O)(=O)N3CCCCC3)cc2)ncn1. The van der Waals surface area contributed by atoms with Gasteiger partial charge in [0, 0.05) is 24.5 Å². The molecule has 150 valence electrons. The maximum Gasteiger partial charge on any atom is 0.243 e. The molecule has 2 aromatic rings. The maximum absolute atomic E-state index is 12.7. The molecule has 1 atom stereocenters. The van der Waals surface area contributed by atoms with Gasteiger partial charge in [-0.2, -0.15) is 4.31 Å². The van der Waals surface area contributed by atoms with E-state index in [2.05, 4.69) is 15.3 Å². The molecular formula is C19H24N4O3S2. The number of nitrogens with zero attached hydrogens (tertiary/aromatic N) is 3. The molecule has 1 N–H and O–H groups in total. The minimum Gasteiger partial charge on any atom is -0.325 e. The molecule has 1 aromatic carbocycles. The van der Waals surface area contributed by atoms with Gasteiger partial charge in [0.25, 0.3) is 0 Å². The van der Waals surface area contributed by atoms with Crippen LogP contribution in [0.5, 0.6) is 0 Å². The molecule has 1 unspecified atom stereocenters. The van der Waals surface area contributed by atoms with Crippen molar-refractivity contribution in [3.63, 3.8) is 0 Å². The van der Waals surface area contributed by atoms with E-state index in [1.165, 1.54) is 22.4 Å². The van der Waals surface area contributed by atoms with E-state index in [1.807, 2.05) is 13.0 Å². The number of carbonyl (C=O) groups excluding carboxylic acids is 1. The van der Waals surface area contributed by atoms with Crippen molar-refractivity contribution in [2.45, 2.75) is 48.3 Å². The first kappa shape index (κ1) is 20.8. The number of rotatable bonds is 6. The summed E-state index contributed by atoms with van der Waals surface area (Å²) in [4.78, 5) is 20.9. The molecule has 28 heavy (non-hydrogen) atoms. The van der Waals surface area contributed by atoms with Crippen molar-refractivity contribution in [2.75, 3.05) is 18.4 Å². The first-order valence-electron chi connectivity index (χ1n) is 9.22. The Labute approximate surface area is 170 Å². The van der Waals surface area contributed by atoms with E-state index < -0.39 is 10.0 Å². The van der Waals surface area contributed by atoms with E-state index in [4.69, 9.17) is 0 Å². The molecule has 2 heterocycles.